The smallest absolute Gasteiger partial charge is 0.282 e. The SMILES string of the molecule is [CH]=Cc1ccc(S(=O)(=O)O)cc1. The summed E-state index contributed by atoms with van der Waals surface area (Å²) in [4.78, 5) is -0.131. The van der Waals surface area contributed by atoms with Gasteiger partial charge in [-0.1, -0.05) is 24.8 Å². The Morgan fingerprint density at radius 1 is 1.25 bits per heavy atom. The van der Waals surface area contributed by atoms with Gasteiger partial charge in [-0.3, -0.25) is 4.55 Å². The van der Waals surface area contributed by atoms with Crippen molar-refractivity contribution in [2.24, 2.45) is 0 Å². The van der Waals surface area contributed by atoms with Crippen LogP contribution >= 0.6 is 0 Å². The minimum absolute atomic E-state index is 0.131. The maximum atomic E-state index is 10.5. The quantitative estimate of drug-likeness (QED) is 0.705. The van der Waals surface area contributed by atoms with Crippen LogP contribution in [0.25, 0.3) is 6.08 Å². The Hall–Kier alpha value is -1.13. The van der Waals surface area contributed by atoms with Crippen molar-refractivity contribution in [2.75, 3.05) is 0 Å². The van der Waals surface area contributed by atoms with Gasteiger partial charge in [0.2, 0.25) is 0 Å². The largest absolute Gasteiger partial charge is 0.294 e. The van der Waals surface area contributed by atoms with Crippen molar-refractivity contribution in [1.82, 2.24) is 0 Å². The van der Waals surface area contributed by atoms with Gasteiger partial charge in [-0.25, -0.2) is 0 Å². The Morgan fingerprint density at radius 3 is 2.08 bits per heavy atom. The van der Waals surface area contributed by atoms with E-state index in [1.165, 1.54) is 30.3 Å². The van der Waals surface area contributed by atoms with Crippen LogP contribution in [0.15, 0.2) is 29.2 Å². The van der Waals surface area contributed by atoms with Gasteiger partial charge in [0, 0.05) is 0 Å². The molecule has 63 valence electrons. The topological polar surface area (TPSA) is 54.4 Å². The van der Waals surface area contributed by atoms with E-state index < -0.39 is 10.1 Å². The molecule has 1 rings (SSSR count). The lowest BCUT2D eigenvalue weighted by Crippen LogP contribution is -1.96. The molecular formula is C8H7O3S. The number of rotatable bonds is 2. The third kappa shape index (κ3) is 1.93. The summed E-state index contributed by atoms with van der Waals surface area (Å²) >= 11 is 0. The van der Waals surface area contributed by atoms with Crippen molar-refractivity contribution >= 4 is 16.2 Å². The average molecular weight is 183 g/mol. The van der Waals surface area contributed by atoms with Crippen molar-refractivity contribution in [1.29, 1.82) is 0 Å². The fraction of sp³-hybridized carbons (Fsp3) is 0. The molecule has 0 aliphatic rings. The highest BCUT2D eigenvalue weighted by molar-refractivity contribution is 7.85. The molecule has 0 aliphatic carbocycles. The van der Waals surface area contributed by atoms with E-state index in [9.17, 15) is 8.42 Å². The summed E-state index contributed by atoms with van der Waals surface area (Å²) in [6.45, 7) is 5.17. The number of hydrogen-bond acceptors (Lipinski definition) is 2. The minimum atomic E-state index is -4.08. The van der Waals surface area contributed by atoms with E-state index in [2.05, 4.69) is 0 Å². The van der Waals surface area contributed by atoms with Crippen LogP contribution in [0, 0.1) is 6.58 Å². The Labute approximate surface area is 71.1 Å². The Kier molecular flexibility index (Phi) is 2.30. The lowest BCUT2D eigenvalue weighted by Gasteiger charge is -1.96. The minimum Gasteiger partial charge on any atom is -0.282 e. The molecule has 1 aromatic rings. The van der Waals surface area contributed by atoms with E-state index in [0.29, 0.717) is 5.56 Å². The summed E-state index contributed by atoms with van der Waals surface area (Å²) in [6.07, 6.45) is 1.34. The summed E-state index contributed by atoms with van der Waals surface area (Å²) in [5, 5.41) is 0. The highest BCUT2D eigenvalue weighted by atomic mass is 32.2. The second-order valence-corrected chi connectivity index (χ2v) is 3.63. The van der Waals surface area contributed by atoms with Gasteiger partial charge in [0.05, 0.1) is 4.90 Å². The summed E-state index contributed by atoms with van der Waals surface area (Å²) < 4.78 is 29.7. The molecule has 0 bridgehead atoms. The third-order valence-corrected chi connectivity index (χ3v) is 2.24. The molecular weight excluding hydrogens is 176 g/mol. The molecule has 4 heteroatoms. The predicted octanol–water partition coefficient (Wildman–Crippen LogP) is 1.38. The van der Waals surface area contributed by atoms with Crippen molar-refractivity contribution in [3.63, 3.8) is 0 Å². The van der Waals surface area contributed by atoms with Gasteiger partial charge in [0.1, 0.15) is 0 Å². The van der Waals surface area contributed by atoms with E-state index in [-0.39, 0.29) is 4.90 Å². The molecule has 0 amide bonds. The van der Waals surface area contributed by atoms with E-state index >= 15 is 0 Å². The first-order chi connectivity index (χ1) is 5.54. The molecule has 12 heavy (non-hydrogen) atoms. The van der Waals surface area contributed by atoms with E-state index in [0.717, 1.165) is 0 Å². The molecule has 0 aromatic heterocycles. The first-order valence-corrected chi connectivity index (χ1v) is 4.60. The van der Waals surface area contributed by atoms with Gasteiger partial charge in [0.25, 0.3) is 10.1 Å². The van der Waals surface area contributed by atoms with Gasteiger partial charge < -0.3 is 0 Å². The average Bonchev–Trinajstić information content (AvgIpc) is 2.03. The lowest BCUT2D eigenvalue weighted by atomic mass is 10.2. The van der Waals surface area contributed by atoms with Crippen LogP contribution in [0.5, 0.6) is 0 Å². The Bertz CT molecular complexity index is 375. The molecule has 0 aliphatic heterocycles. The van der Waals surface area contributed by atoms with Gasteiger partial charge in [-0.2, -0.15) is 8.42 Å². The van der Waals surface area contributed by atoms with Crippen LogP contribution < -0.4 is 0 Å². The molecule has 0 atom stereocenters. The molecule has 0 saturated carbocycles. The third-order valence-electron chi connectivity index (χ3n) is 1.37. The van der Waals surface area contributed by atoms with Gasteiger partial charge in [-0.15, -0.1) is 0 Å². The fourth-order valence-corrected chi connectivity index (χ4v) is 1.23. The fourth-order valence-electron chi connectivity index (χ4n) is 0.751. The van der Waals surface area contributed by atoms with Crippen LogP contribution in [0.2, 0.25) is 0 Å². The van der Waals surface area contributed by atoms with Crippen molar-refractivity contribution in [3.05, 3.63) is 36.4 Å². The van der Waals surface area contributed by atoms with Gasteiger partial charge in [0.15, 0.2) is 0 Å². The van der Waals surface area contributed by atoms with Crippen LogP contribution in [0.1, 0.15) is 5.56 Å². The van der Waals surface area contributed by atoms with Crippen LogP contribution in [-0.4, -0.2) is 13.0 Å². The first kappa shape index (κ1) is 8.96. The summed E-state index contributed by atoms with van der Waals surface area (Å²) in [7, 11) is -4.08. The molecule has 0 heterocycles. The molecule has 1 N–H and O–H groups in total. The maximum Gasteiger partial charge on any atom is 0.294 e. The Morgan fingerprint density at radius 2 is 1.75 bits per heavy atom. The summed E-state index contributed by atoms with van der Waals surface area (Å²) in [6, 6.07) is 5.58. The molecule has 0 saturated heterocycles. The number of benzene rings is 1. The number of hydrogen-bond donors (Lipinski definition) is 1. The standard InChI is InChI=1S/C8H7O3S/c1-2-7-3-5-8(6-4-7)12(9,10)11/h1-6H,(H,9,10,11). The maximum absolute atomic E-state index is 10.5. The van der Waals surface area contributed by atoms with Crippen LogP contribution in [0.3, 0.4) is 0 Å². The van der Waals surface area contributed by atoms with Gasteiger partial charge >= 0.3 is 0 Å². The zero-order chi connectivity index (χ0) is 9.19. The highest BCUT2D eigenvalue weighted by Crippen LogP contribution is 2.10. The van der Waals surface area contributed by atoms with Crippen molar-refractivity contribution < 1.29 is 13.0 Å². The second-order valence-electron chi connectivity index (χ2n) is 2.21. The summed E-state index contributed by atoms with van der Waals surface area (Å²) in [5.41, 5.74) is 0.697. The zero-order valence-corrected chi connectivity index (χ0v) is 6.95. The predicted molar refractivity (Wildman–Crippen MR) is 45.0 cm³/mol. The molecule has 0 fully saturated rings. The van der Waals surface area contributed by atoms with E-state index in [4.69, 9.17) is 11.1 Å². The molecule has 3 nitrogen and oxygen atoms in total. The monoisotopic (exact) mass is 183 g/mol. The van der Waals surface area contributed by atoms with E-state index in [1.54, 1.807) is 0 Å². The summed E-state index contributed by atoms with van der Waals surface area (Å²) in [5.74, 6) is 0. The van der Waals surface area contributed by atoms with Crippen LogP contribution in [-0.2, 0) is 10.1 Å². The van der Waals surface area contributed by atoms with E-state index in [1.807, 2.05) is 0 Å². The van der Waals surface area contributed by atoms with Crippen LogP contribution in [0.4, 0.5) is 0 Å². The molecule has 1 radical (unpaired) electrons. The van der Waals surface area contributed by atoms with Crippen molar-refractivity contribution in [3.8, 4) is 0 Å². The molecule has 1 aromatic carbocycles. The molecule has 0 spiro atoms. The normalized spacial score (nSPS) is 11.1. The van der Waals surface area contributed by atoms with Gasteiger partial charge in [-0.05, 0) is 17.7 Å². The lowest BCUT2D eigenvalue weighted by molar-refractivity contribution is 0.483. The zero-order valence-electron chi connectivity index (χ0n) is 6.14. The first-order valence-electron chi connectivity index (χ1n) is 3.16. The highest BCUT2D eigenvalue weighted by Gasteiger charge is 2.07. The Balaban J connectivity index is 3.17. The molecule has 0 unspecified atom stereocenters. The second kappa shape index (κ2) is 3.08. The van der Waals surface area contributed by atoms with Crippen molar-refractivity contribution in [2.45, 2.75) is 4.90 Å².